The number of hydrogen-bond acceptors (Lipinski definition) is 5. The maximum absolute atomic E-state index is 6.18. The van der Waals surface area contributed by atoms with E-state index in [9.17, 15) is 0 Å². The molecular formula is C16H23N5. The van der Waals surface area contributed by atoms with E-state index in [1.54, 1.807) is 0 Å². The van der Waals surface area contributed by atoms with Crippen LogP contribution < -0.4 is 16.4 Å². The second kappa shape index (κ2) is 5.99. The van der Waals surface area contributed by atoms with Crippen molar-refractivity contribution < 1.29 is 0 Å². The second-order valence-corrected chi connectivity index (χ2v) is 6.00. The third-order valence-corrected chi connectivity index (χ3v) is 3.03. The summed E-state index contributed by atoms with van der Waals surface area (Å²) in [5, 5.41) is 6.59. The van der Waals surface area contributed by atoms with Crippen molar-refractivity contribution in [3.63, 3.8) is 0 Å². The first kappa shape index (κ1) is 15.1. The van der Waals surface area contributed by atoms with Gasteiger partial charge in [0.1, 0.15) is 12.0 Å². The number of anilines is 4. The number of nitrogen functional groups attached to an aromatic ring is 1. The molecule has 21 heavy (non-hydrogen) atoms. The SMILES string of the molecule is CCc1ccccc1Nc1ncnc(NC(C)(C)C)c1N. The highest BCUT2D eigenvalue weighted by molar-refractivity contribution is 5.78. The van der Waals surface area contributed by atoms with Crippen molar-refractivity contribution in [1.29, 1.82) is 0 Å². The van der Waals surface area contributed by atoms with Gasteiger partial charge in [0, 0.05) is 11.2 Å². The molecule has 0 bridgehead atoms. The molecule has 0 aliphatic rings. The Labute approximate surface area is 126 Å². The molecule has 2 aromatic rings. The minimum atomic E-state index is -0.110. The summed E-state index contributed by atoms with van der Waals surface area (Å²) in [5.41, 5.74) is 8.84. The van der Waals surface area contributed by atoms with E-state index >= 15 is 0 Å². The first-order valence-electron chi connectivity index (χ1n) is 7.14. The van der Waals surface area contributed by atoms with Crippen LogP contribution in [0.15, 0.2) is 30.6 Å². The van der Waals surface area contributed by atoms with E-state index in [-0.39, 0.29) is 5.54 Å². The number of nitrogens with one attached hydrogen (secondary N) is 2. The maximum Gasteiger partial charge on any atom is 0.159 e. The summed E-state index contributed by atoms with van der Waals surface area (Å²) in [6, 6.07) is 8.14. The van der Waals surface area contributed by atoms with Crippen molar-refractivity contribution in [3.05, 3.63) is 36.2 Å². The van der Waals surface area contributed by atoms with Gasteiger partial charge in [0.2, 0.25) is 0 Å². The number of nitrogens with two attached hydrogens (primary N) is 1. The van der Waals surface area contributed by atoms with Gasteiger partial charge in [-0.15, -0.1) is 0 Å². The largest absolute Gasteiger partial charge is 0.393 e. The highest BCUT2D eigenvalue weighted by Crippen LogP contribution is 2.28. The summed E-state index contributed by atoms with van der Waals surface area (Å²) in [7, 11) is 0. The van der Waals surface area contributed by atoms with Gasteiger partial charge in [0.15, 0.2) is 11.6 Å². The number of benzene rings is 1. The summed E-state index contributed by atoms with van der Waals surface area (Å²) in [5.74, 6) is 1.27. The van der Waals surface area contributed by atoms with Crippen molar-refractivity contribution in [2.75, 3.05) is 16.4 Å². The first-order valence-corrected chi connectivity index (χ1v) is 7.14. The van der Waals surface area contributed by atoms with E-state index in [0.29, 0.717) is 17.3 Å². The van der Waals surface area contributed by atoms with Crippen molar-refractivity contribution in [2.45, 2.75) is 39.7 Å². The fourth-order valence-corrected chi connectivity index (χ4v) is 2.03. The molecule has 0 fully saturated rings. The molecule has 1 heterocycles. The summed E-state index contributed by atoms with van der Waals surface area (Å²) in [6.45, 7) is 8.31. The first-order chi connectivity index (χ1) is 9.90. The van der Waals surface area contributed by atoms with Crippen LogP contribution in [0.4, 0.5) is 23.0 Å². The van der Waals surface area contributed by atoms with E-state index < -0.39 is 0 Å². The average molecular weight is 285 g/mol. The molecule has 0 saturated carbocycles. The molecule has 5 nitrogen and oxygen atoms in total. The summed E-state index contributed by atoms with van der Waals surface area (Å²) >= 11 is 0. The van der Waals surface area contributed by atoms with Crippen molar-refractivity contribution in [2.24, 2.45) is 0 Å². The smallest absolute Gasteiger partial charge is 0.159 e. The molecule has 1 aromatic heterocycles. The lowest BCUT2D eigenvalue weighted by Gasteiger charge is -2.23. The molecule has 0 aliphatic carbocycles. The number of para-hydroxylation sites is 1. The van der Waals surface area contributed by atoms with Gasteiger partial charge < -0.3 is 16.4 Å². The number of aryl methyl sites for hydroxylation is 1. The molecule has 112 valence electrons. The van der Waals surface area contributed by atoms with Crippen LogP contribution in [0.25, 0.3) is 0 Å². The van der Waals surface area contributed by atoms with Crippen LogP contribution in [0, 0.1) is 0 Å². The van der Waals surface area contributed by atoms with E-state index in [1.807, 2.05) is 18.2 Å². The quantitative estimate of drug-likeness (QED) is 0.800. The van der Waals surface area contributed by atoms with Crippen LogP contribution in [0.1, 0.15) is 33.3 Å². The van der Waals surface area contributed by atoms with Gasteiger partial charge in [0.05, 0.1) is 0 Å². The Morgan fingerprint density at radius 2 is 1.76 bits per heavy atom. The Morgan fingerprint density at radius 3 is 2.43 bits per heavy atom. The fraction of sp³-hybridized carbons (Fsp3) is 0.375. The van der Waals surface area contributed by atoms with E-state index in [4.69, 9.17) is 5.73 Å². The lowest BCUT2D eigenvalue weighted by atomic mass is 10.1. The molecule has 5 heteroatoms. The topological polar surface area (TPSA) is 75.9 Å². The molecule has 0 atom stereocenters. The summed E-state index contributed by atoms with van der Waals surface area (Å²) in [4.78, 5) is 8.47. The molecule has 0 spiro atoms. The number of hydrogen-bond donors (Lipinski definition) is 3. The van der Waals surface area contributed by atoms with Gasteiger partial charge >= 0.3 is 0 Å². The average Bonchev–Trinajstić information content (AvgIpc) is 2.42. The normalized spacial score (nSPS) is 11.2. The van der Waals surface area contributed by atoms with Gasteiger partial charge in [-0.1, -0.05) is 25.1 Å². The van der Waals surface area contributed by atoms with Crippen molar-refractivity contribution in [1.82, 2.24) is 9.97 Å². The van der Waals surface area contributed by atoms with Crippen molar-refractivity contribution in [3.8, 4) is 0 Å². The number of rotatable bonds is 4. The third kappa shape index (κ3) is 3.84. The van der Waals surface area contributed by atoms with Gasteiger partial charge in [-0.3, -0.25) is 0 Å². The predicted molar refractivity (Wildman–Crippen MR) is 88.9 cm³/mol. The second-order valence-electron chi connectivity index (χ2n) is 6.00. The Bertz CT molecular complexity index is 616. The van der Waals surface area contributed by atoms with Gasteiger partial charge in [-0.05, 0) is 38.8 Å². The van der Waals surface area contributed by atoms with E-state index in [1.165, 1.54) is 11.9 Å². The molecule has 0 unspecified atom stereocenters. The Hall–Kier alpha value is -2.30. The molecule has 0 aliphatic heterocycles. The van der Waals surface area contributed by atoms with Gasteiger partial charge in [-0.25, -0.2) is 9.97 Å². The maximum atomic E-state index is 6.18. The summed E-state index contributed by atoms with van der Waals surface area (Å²) < 4.78 is 0. The highest BCUT2D eigenvalue weighted by Gasteiger charge is 2.15. The molecule has 0 amide bonds. The van der Waals surface area contributed by atoms with Gasteiger partial charge in [0.25, 0.3) is 0 Å². The van der Waals surface area contributed by atoms with Crippen LogP contribution in [-0.2, 0) is 6.42 Å². The third-order valence-electron chi connectivity index (χ3n) is 3.03. The van der Waals surface area contributed by atoms with Crippen LogP contribution in [0.3, 0.4) is 0 Å². The minimum Gasteiger partial charge on any atom is -0.393 e. The van der Waals surface area contributed by atoms with E-state index in [2.05, 4.69) is 54.4 Å². The summed E-state index contributed by atoms with van der Waals surface area (Å²) in [6.07, 6.45) is 2.46. The van der Waals surface area contributed by atoms with Crippen molar-refractivity contribution >= 4 is 23.0 Å². The van der Waals surface area contributed by atoms with Gasteiger partial charge in [-0.2, -0.15) is 0 Å². The lowest BCUT2D eigenvalue weighted by Crippen LogP contribution is -2.27. The molecule has 1 aromatic carbocycles. The number of aromatic nitrogens is 2. The molecule has 0 saturated heterocycles. The fourth-order valence-electron chi connectivity index (χ4n) is 2.03. The molecule has 0 radical (unpaired) electrons. The molecular weight excluding hydrogens is 262 g/mol. The highest BCUT2D eigenvalue weighted by atomic mass is 15.1. The predicted octanol–water partition coefficient (Wildman–Crippen LogP) is 3.58. The monoisotopic (exact) mass is 285 g/mol. The minimum absolute atomic E-state index is 0.110. The zero-order chi connectivity index (χ0) is 15.5. The lowest BCUT2D eigenvalue weighted by molar-refractivity contribution is 0.630. The molecule has 2 rings (SSSR count). The van der Waals surface area contributed by atoms with E-state index in [0.717, 1.165) is 12.1 Å². The Morgan fingerprint density at radius 1 is 1.10 bits per heavy atom. The Kier molecular flexibility index (Phi) is 4.31. The standard InChI is InChI=1S/C16H23N5/c1-5-11-8-6-7-9-12(11)20-14-13(17)15(19-10-18-14)21-16(2,3)4/h6-10H,5,17H2,1-4H3,(H2,18,19,20,21). The van der Waals surface area contributed by atoms with Crippen LogP contribution in [-0.4, -0.2) is 15.5 Å². The van der Waals surface area contributed by atoms with Crippen LogP contribution in [0.5, 0.6) is 0 Å². The zero-order valence-corrected chi connectivity index (χ0v) is 13.1. The number of nitrogens with zero attached hydrogens (tertiary/aromatic N) is 2. The van der Waals surface area contributed by atoms with Crippen LogP contribution in [0.2, 0.25) is 0 Å². The molecule has 4 N–H and O–H groups in total. The van der Waals surface area contributed by atoms with Crippen LogP contribution >= 0.6 is 0 Å². The zero-order valence-electron chi connectivity index (χ0n) is 13.1. The Balaban J connectivity index is 2.31.